The number of aliphatic imine (C=N–C) groups is 1. The highest BCUT2D eigenvalue weighted by atomic mass is 19.1. The third-order valence-corrected chi connectivity index (χ3v) is 7.61. The van der Waals surface area contributed by atoms with E-state index in [0.717, 1.165) is 22.3 Å². The summed E-state index contributed by atoms with van der Waals surface area (Å²) in [4.78, 5) is 19.4. The molecular formula is C29H30FN3O3. The predicted molar refractivity (Wildman–Crippen MR) is 139 cm³/mol. The van der Waals surface area contributed by atoms with Crippen molar-refractivity contribution in [1.82, 2.24) is 5.32 Å². The van der Waals surface area contributed by atoms with E-state index in [1.54, 1.807) is 31.3 Å². The fourth-order valence-corrected chi connectivity index (χ4v) is 6.06. The Morgan fingerprint density at radius 3 is 2.53 bits per heavy atom. The van der Waals surface area contributed by atoms with Gasteiger partial charge in [-0.1, -0.05) is 48.5 Å². The van der Waals surface area contributed by atoms with Crippen molar-refractivity contribution in [2.75, 3.05) is 25.7 Å². The van der Waals surface area contributed by atoms with E-state index in [2.05, 4.69) is 41.5 Å². The molecule has 0 bridgehead atoms. The second-order valence-corrected chi connectivity index (χ2v) is 9.31. The van der Waals surface area contributed by atoms with Gasteiger partial charge in [-0.2, -0.15) is 0 Å². The van der Waals surface area contributed by atoms with Crippen molar-refractivity contribution in [3.05, 3.63) is 89.7 Å². The number of nitrogens with one attached hydrogen (secondary N) is 1. The molecule has 2 heterocycles. The Kier molecular flexibility index (Phi) is 6.24. The van der Waals surface area contributed by atoms with Crippen molar-refractivity contribution < 1.29 is 18.7 Å². The largest absolute Gasteiger partial charge is 0.366 e. The molecule has 0 aliphatic carbocycles. The zero-order valence-corrected chi connectivity index (χ0v) is 20.9. The Bertz CT molecular complexity index is 1340. The number of amides is 2. The molecule has 36 heavy (non-hydrogen) atoms. The molecule has 3 atom stereocenters. The number of carbonyl (C=O) groups is 1. The smallest absolute Gasteiger partial charge is 0.348 e. The Hall–Kier alpha value is -3.39. The molecule has 1 spiro atoms. The van der Waals surface area contributed by atoms with Gasteiger partial charge in [0.2, 0.25) is 0 Å². The number of methoxy groups -OCH3 is 2. The van der Waals surface area contributed by atoms with Crippen LogP contribution in [0.4, 0.5) is 14.9 Å². The summed E-state index contributed by atoms with van der Waals surface area (Å²) in [5.74, 6) is -0.429. The fourth-order valence-electron chi connectivity index (χ4n) is 6.06. The maximum atomic E-state index is 14.4. The fraction of sp³-hybridized carbons (Fsp3) is 0.310. The maximum absolute atomic E-state index is 14.4. The molecule has 1 saturated heterocycles. The average molecular weight is 488 g/mol. The number of anilines is 1. The number of hydrogen-bond acceptors (Lipinski definition) is 4. The minimum Gasteiger partial charge on any atom is -0.366 e. The highest BCUT2D eigenvalue weighted by Gasteiger charge is 2.68. The van der Waals surface area contributed by atoms with Crippen LogP contribution >= 0.6 is 0 Å². The molecule has 3 unspecified atom stereocenters. The molecule has 0 radical (unpaired) electrons. The van der Waals surface area contributed by atoms with Crippen LogP contribution in [0, 0.1) is 12.7 Å². The first-order valence-electron chi connectivity index (χ1n) is 12.0. The summed E-state index contributed by atoms with van der Waals surface area (Å²) in [6.07, 6.45) is -0.122. The van der Waals surface area contributed by atoms with E-state index in [1.807, 2.05) is 31.2 Å². The van der Waals surface area contributed by atoms with Crippen molar-refractivity contribution in [1.29, 1.82) is 0 Å². The molecule has 1 N–H and O–H groups in total. The Morgan fingerprint density at radius 1 is 1.03 bits per heavy atom. The number of rotatable bonds is 5. The SMILES string of the molecule is COC1NCCC2(C(C)=NC(=O)N2c2cccc(F)c2)C1(OC)c1cccc(-c2ccccc2C)c1. The standard InChI is InChI=1S/C29H30FN3O3/c1-19-9-5-6-14-25(19)21-10-7-11-22(17-21)29(36-4)26(35-3)31-16-15-28(29)20(2)32-27(34)33(28)24-13-8-12-23(30)18-24/h5-14,17-18,26,31H,15-16H2,1-4H3. The summed E-state index contributed by atoms with van der Waals surface area (Å²) in [6.45, 7) is 4.47. The quantitative estimate of drug-likeness (QED) is 0.520. The van der Waals surface area contributed by atoms with Gasteiger partial charge in [-0.15, -0.1) is 0 Å². The van der Waals surface area contributed by atoms with Gasteiger partial charge in [0.05, 0.1) is 5.71 Å². The topological polar surface area (TPSA) is 63.2 Å². The first kappa shape index (κ1) is 24.3. The monoisotopic (exact) mass is 487 g/mol. The van der Waals surface area contributed by atoms with Crippen LogP contribution in [0.25, 0.3) is 11.1 Å². The Morgan fingerprint density at radius 2 is 1.81 bits per heavy atom. The number of piperidine rings is 1. The van der Waals surface area contributed by atoms with Crippen LogP contribution in [0.5, 0.6) is 0 Å². The Labute approximate surface area is 210 Å². The molecule has 0 saturated carbocycles. The van der Waals surface area contributed by atoms with Gasteiger partial charge in [-0.25, -0.2) is 14.2 Å². The molecule has 2 aliphatic heterocycles. The lowest BCUT2D eigenvalue weighted by atomic mass is 9.65. The van der Waals surface area contributed by atoms with Crippen LogP contribution in [-0.2, 0) is 15.1 Å². The van der Waals surface area contributed by atoms with E-state index in [1.165, 1.54) is 12.1 Å². The minimum atomic E-state index is -1.19. The molecule has 0 aromatic heterocycles. The van der Waals surface area contributed by atoms with Gasteiger partial charge in [0.25, 0.3) is 0 Å². The molecular weight excluding hydrogens is 457 g/mol. The first-order valence-corrected chi connectivity index (χ1v) is 12.0. The maximum Gasteiger partial charge on any atom is 0.348 e. The lowest BCUT2D eigenvalue weighted by Crippen LogP contribution is -2.76. The molecule has 7 heteroatoms. The first-order chi connectivity index (χ1) is 17.4. The van der Waals surface area contributed by atoms with E-state index in [9.17, 15) is 9.18 Å². The van der Waals surface area contributed by atoms with Crippen molar-refractivity contribution in [2.45, 2.75) is 37.6 Å². The number of nitrogens with zero attached hydrogens (tertiary/aromatic N) is 2. The van der Waals surface area contributed by atoms with Gasteiger partial charge in [0.15, 0.2) is 5.60 Å². The van der Waals surface area contributed by atoms with Crippen molar-refractivity contribution in [3.8, 4) is 11.1 Å². The molecule has 1 fully saturated rings. The summed E-state index contributed by atoms with van der Waals surface area (Å²) in [6, 6.07) is 21.9. The molecule has 5 rings (SSSR count). The van der Waals surface area contributed by atoms with Crippen LogP contribution in [0.15, 0.2) is 77.8 Å². The lowest BCUT2D eigenvalue weighted by molar-refractivity contribution is -0.176. The number of hydrogen-bond donors (Lipinski definition) is 1. The van der Waals surface area contributed by atoms with E-state index >= 15 is 0 Å². The third-order valence-electron chi connectivity index (χ3n) is 7.61. The van der Waals surface area contributed by atoms with Crippen LogP contribution in [0.1, 0.15) is 24.5 Å². The van der Waals surface area contributed by atoms with Gasteiger partial charge in [0.1, 0.15) is 17.6 Å². The van der Waals surface area contributed by atoms with E-state index in [-0.39, 0.29) is 0 Å². The molecule has 2 amide bonds. The number of ether oxygens (including phenoxy) is 2. The number of carbonyl (C=O) groups excluding carboxylic acids is 1. The van der Waals surface area contributed by atoms with Crippen LogP contribution in [0.3, 0.4) is 0 Å². The van der Waals surface area contributed by atoms with Gasteiger partial charge < -0.3 is 9.47 Å². The van der Waals surface area contributed by atoms with E-state index < -0.39 is 29.2 Å². The average Bonchev–Trinajstić information content (AvgIpc) is 3.13. The number of benzene rings is 3. The van der Waals surface area contributed by atoms with E-state index in [4.69, 9.17) is 9.47 Å². The van der Waals surface area contributed by atoms with Gasteiger partial charge >= 0.3 is 6.03 Å². The molecule has 3 aromatic carbocycles. The lowest BCUT2D eigenvalue weighted by Gasteiger charge is -2.57. The number of aryl methyl sites for hydroxylation is 1. The van der Waals surface area contributed by atoms with Crippen molar-refractivity contribution in [2.24, 2.45) is 4.99 Å². The van der Waals surface area contributed by atoms with Crippen LogP contribution in [0.2, 0.25) is 0 Å². The summed E-state index contributed by atoms with van der Waals surface area (Å²) in [5.41, 5.74) is 2.89. The molecule has 2 aliphatic rings. The summed E-state index contributed by atoms with van der Waals surface area (Å²) < 4.78 is 26.8. The highest BCUT2D eigenvalue weighted by Crippen LogP contribution is 2.52. The molecule has 3 aromatic rings. The van der Waals surface area contributed by atoms with Crippen molar-refractivity contribution >= 4 is 17.4 Å². The number of halogens is 1. The van der Waals surface area contributed by atoms with Gasteiger partial charge in [-0.3, -0.25) is 10.2 Å². The highest BCUT2D eigenvalue weighted by molar-refractivity contribution is 6.17. The third kappa shape index (κ3) is 3.42. The minimum absolute atomic E-state index is 0.425. The summed E-state index contributed by atoms with van der Waals surface area (Å²) in [7, 11) is 3.24. The second-order valence-electron chi connectivity index (χ2n) is 9.31. The second kappa shape index (κ2) is 9.24. The zero-order chi connectivity index (χ0) is 25.5. The van der Waals surface area contributed by atoms with Crippen molar-refractivity contribution in [3.63, 3.8) is 0 Å². The van der Waals surface area contributed by atoms with Crippen LogP contribution in [-0.4, -0.2) is 44.3 Å². The molecule has 186 valence electrons. The zero-order valence-electron chi connectivity index (χ0n) is 20.9. The molecule has 6 nitrogen and oxygen atoms in total. The van der Waals surface area contributed by atoms with Gasteiger partial charge in [0, 0.05) is 26.5 Å². The predicted octanol–water partition coefficient (Wildman–Crippen LogP) is 5.45. The normalized spacial score (nSPS) is 25.9. The summed E-state index contributed by atoms with van der Waals surface area (Å²) >= 11 is 0. The van der Waals surface area contributed by atoms with Crippen LogP contribution < -0.4 is 10.2 Å². The van der Waals surface area contributed by atoms with Gasteiger partial charge in [-0.05, 0) is 66.8 Å². The van der Waals surface area contributed by atoms with E-state index in [0.29, 0.717) is 24.4 Å². The Balaban J connectivity index is 1.79. The summed E-state index contributed by atoms with van der Waals surface area (Å²) in [5, 5.41) is 3.44. The number of urea groups is 1.